The number of likely N-dealkylation sites (tertiary alicyclic amines) is 1. The lowest BCUT2D eigenvalue weighted by Crippen LogP contribution is -2.53. The lowest BCUT2D eigenvalue weighted by atomic mass is 9.81. The van der Waals surface area contributed by atoms with Gasteiger partial charge in [-0.15, -0.1) is 0 Å². The van der Waals surface area contributed by atoms with E-state index in [-0.39, 0.29) is 35.6 Å². The van der Waals surface area contributed by atoms with Crippen LogP contribution >= 0.6 is 0 Å². The smallest absolute Gasteiger partial charge is 0.255 e. The van der Waals surface area contributed by atoms with Crippen LogP contribution in [0.5, 0.6) is 0 Å². The second-order valence-electron chi connectivity index (χ2n) is 11.9. The van der Waals surface area contributed by atoms with E-state index >= 15 is 0 Å². The minimum Gasteiger partial charge on any atom is -0.461 e. The number of carbonyl (C=O) groups is 2. The molecule has 2 aromatic carbocycles. The van der Waals surface area contributed by atoms with Crippen LogP contribution in [0.4, 0.5) is 0 Å². The lowest BCUT2D eigenvalue weighted by molar-refractivity contribution is -0.133. The zero-order valence-electron chi connectivity index (χ0n) is 24.8. The molecule has 1 aliphatic carbocycles. The third-order valence-electron chi connectivity index (χ3n) is 9.01. The summed E-state index contributed by atoms with van der Waals surface area (Å²) in [5, 5.41) is 2.93. The van der Waals surface area contributed by atoms with Crippen molar-refractivity contribution in [1.82, 2.24) is 15.1 Å². The van der Waals surface area contributed by atoms with E-state index in [9.17, 15) is 18.0 Å². The molecule has 0 spiro atoms. The van der Waals surface area contributed by atoms with Gasteiger partial charge in [-0.1, -0.05) is 48.5 Å². The van der Waals surface area contributed by atoms with Crippen LogP contribution in [0.1, 0.15) is 55.6 Å². The van der Waals surface area contributed by atoms with Gasteiger partial charge in [0.1, 0.15) is 17.6 Å². The number of carbonyl (C=O) groups excluding carboxylic acids is 2. The summed E-state index contributed by atoms with van der Waals surface area (Å²) in [6.45, 7) is 6.52. The molecule has 1 N–H and O–H groups in total. The quantitative estimate of drug-likeness (QED) is 0.379. The Labute approximate surface area is 249 Å². The number of nitrogens with one attached hydrogen (secondary N) is 1. The molecule has 2 fully saturated rings. The molecular formula is C33H41N3O5S. The van der Waals surface area contributed by atoms with E-state index in [1.807, 2.05) is 35.2 Å². The highest BCUT2D eigenvalue weighted by atomic mass is 32.2. The molecule has 224 valence electrons. The zero-order valence-corrected chi connectivity index (χ0v) is 25.6. The Morgan fingerprint density at radius 3 is 2.38 bits per heavy atom. The fraction of sp³-hybridized carbons (Fsp3) is 0.455. The normalized spacial score (nSPS) is 23.1. The molecule has 1 saturated heterocycles. The van der Waals surface area contributed by atoms with E-state index in [2.05, 4.69) is 31.1 Å². The van der Waals surface area contributed by atoms with Crippen LogP contribution in [0.3, 0.4) is 0 Å². The van der Waals surface area contributed by atoms with Gasteiger partial charge < -0.3 is 19.5 Å². The minimum atomic E-state index is -3.54. The topological polar surface area (TPSA) is 99.9 Å². The van der Waals surface area contributed by atoms with Crippen LogP contribution in [0.15, 0.2) is 76.0 Å². The summed E-state index contributed by atoms with van der Waals surface area (Å²) in [6, 6.07) is 19.6. The third-order valence-corrected chi connectivity index (χ3v) is 10.9. The molecule has 3 aromatic rings. The molecule has 5 rings (SSSR count). The van der Waals surface area contributed by atoms with Gasteiger partial charge in [0.05, 0.1) is 16.2 Å². The molecule has 42 heavy (non-hydrogen) atoms. The van der Waals surface area contributed by atoms with Crippen LogP contribution in [0.2, 0.25) is 0 Å². The molecule has 9 heteroatoms. The molecule has 1 saturated carbocycles. The SMILES string of the molecule is Cc1oc(-c2ccccc2)cc1C(=O)N[C@H]1CCN([C@H]2CC[C@@H](N(C)C(C)C)C[C@H]2CS(=O)(=O)c2ccccc2)C1=O. The van der Waals surface area contributed by atoms with E-state index in [1.165, 1.54) is 0 Å². The van der Waals surface area contributed by atoms with Gasteiger partial charge in [0, 0.05) is 30.2 Å². The van der Waals surface area contributed by atoms with Crippen LogP contribution in [-0.4, -0.2) is 73.5 Å². The summed E-state index contributed by atoms with van der Waals surface area (Å²) in [7, 11) is -1.45. The van der Waals surface area contributed by atoms with Gasteiger partial charge >= 0.3 is 0 Å². The number of benzene rings is 2. The number of rotatable bonds is 9. The summed E-state index contributed by atoms with van der Waals surface area (Å²) < 4.78 is 32.8. The highest BCUT2D eigenvalue weighted by molar-refractivity contribution is 7.91. The number of sulfone groups is 1. The fourth-order valence-corrected chi connectivity index (χ4v) is 8.15. The van der Waals surface area contributed by atoms with Crippen molar-refractivity contribution in [3.63, 3.8) is 0 Å². The summed E-state index contributed by atoms with van der Waals surface area (Å²) in [6.07, 6.45) is 2.79. The lowest BCUT2D eigenvalue weighted by Gasteiger charge is -2.44. The third kappa shape index (κ3) is 6.32. The predicted molar refractivity (Wildman–Crippen MR) is 163 cm³/mol. The summed E-state index contributed by atoms with van der Waals surface area (Å²) >= 11 is 0. The number of amides is 2. The van der Waals surface area contributed by atoms with E-state index in [4.69, 9.17) is 4.42 Å². The van der Waals surface area contributed by atoms with Crippen molar-refractivity contribution >= 4 is 21.7 Å². The van der Waals surface area contributed by atoms with Crippen molar-refractivity contribution in [3.05, 3.63) is 78.1 Å². The number of hydrogen-bond donors (Lipinski definition) is 1. The van der Waals surface area contributed by atoms with Gasteiger partial charge in [0.25, 0.3) is 5.91 Å². The molecule has 0 radical (unpaired) electrons. The van der Waals surface area contributed by atoms with Gasteiger partial charge in [-0.25, -0.2) is 8.42 Å². The van der Waals surface area contributed by atoms with Gasteiger partial charge in [0.15, 0.2) is 9.84 Å². The molecule has 4 atom stereocenters. The van der Waals surface area contributed by atoms with Crippen molar-refractivity contribution in [3.8, 4) is 11.3 Å². The Kier molecular flexibility index (Phi) is 8.89. The first kappa shape index (κ1) is 30.0. The first-order valence-corrected chi connectivity index (χ1v) is 16.5. The Bertz CT molecular complexity index is 1500. The maximum atomic E-state index is 13.7. The molecular weight excluding hydrogens is 550 g/mol. The second-order valence-corrected chi connectivity index (χ2v) is 14.0. The molecule has 2 aliphatic rings. The van der Waals surface area contributed by atoms with Crippen molar-refractivity contribution < 1.29 is 22.4 Å². The number of nitrogens with zero attached hydrogens (tertiary/aromatic N) is 2. The van der Waals surface area contributed by atoms with Crippen molar-refractivity contribution in [1.29, 1.82) is 0 Å². The maximum Gasteiger partial charge on any atom is 0.255 e. The monoisotopic (exact) mass is 591 g/mol. The van der Waals surface area contributed by atoms with Crippen molar-refractivity contribution in [2.24, 2.45) is 5.92 Å². The molecule has 0 unspecified atom stereocenters. The molecule has 1 aromatic heterocycles. The minimum absolute atomic E-state index is 0.0125. The average Bonchev–Trinajstić information content (AvgIpc) is 3.55. The predicted octanol–water partition coefficient (Wildman–Crippen LogP) is 4.94. The maximum absolute atomic E-state index is 13.7. The van der Waals surface area contributed by atoms with Gasteiger partial charge in [-0.3, -0.25) is 9.59 Å². The van der Waals surface area contributed by atoms with E-state index in [1.54, 1.807) is 43.3 Å². The first-order valence-electron chi connectivity index (χ1n) is 14.8. The first-order chi connectivity index (χ1) is 20.0. The van der Waals surface area contributed by atoms with E-state index < -0.39 is 15.9 Å². The Morgan fingerprint density at radius 1 is 1.05 bits per heavy atom. The van der Waals surface area contributed by atoms with E-state index in [0.717, 1.165) is 18.4 Å². The Balaban J connectivity index is 1.32. The largest absolute Gasteiger partial charge is 0.461 e. The van der Waals surface area contributed by atoms with Crippen LogP contribution in [0, 0.1) is 12.8 Å². The van der Waals surface area contributed by atoms with Gasteiger partial charge in [-0.05, 0) is 77.6 Å². The molecule has 2 amide bonds. The molecule has 0 bridgehead atoms. The van der Waals surface area contributed by atoms with Gasteiger partial charge in [-0.2, -0.15) is 0 Å². The van der Waals surface area contributed by atoms with Crippen molar-refractivity contribution in [2.45, 2.75) is 75.5 Å². The average molecular weight is 592 g/mol. The fourth-order valence-electron chi connectivity index (χ4n) is 6.46. The van der Waals surface area contributed by atoms with Gasteiger partial charge in [0.2, 0.25) is 5.91 Å². The molecule has 8 nitrogen and oxygen atoms in total. The summed E-state index contributed by atoms with van der Waals surface area (Å²) in [4.78, 5) is 31.4. The van der Waals surface area contributed by atoms with Crippen LogP contribution in [0.25, 0.3) is 11.3 Å². The highest BCUT2D eigenvalue weighted by Gasteiger charge is 2.44. The van der Waals surface area contributed by atoms with E-state index in [0.29, 0.717) is 47.4 Å². The van der Waals surface area contributed by atoms with Crippen LogP contribution in [-0.2, 0) is 14.6 Å². The highest BCUT2D eigenvalue weighted by Crippen LogP contribution is 2.36. The van der Waals surface area contributed by atoms with Crippen molar-refractivity contribution in [2.75, 3.05) is 19.3 Å². The summed E-state index contributed by atoms with van der Waals surface area (Å²) in [5.41, 5.74) is 1.28. The number of furan rings is 1. The summed E-state index contributed by atoms with van der Waals surface area (Å²) in [5.74, 6) is 0.384. The molecule has 1 aliphatic heterocycles. The Morgan fingerprint density at radius 2 is 1.71 bits per heavy atom. The molecule has 2 heterocycles. The standard InChI is InChI=1S/C33H41N3O5S/c1-22(2)35(4)26-15-16-30(25(19-26)21-42(39,40)27-13-9-6-10-14-27)36-18-17-29(33(36)38)34-32(37)28-20-31(41-23(28)3)24-11-7-5-8-12-24/h5-14,20,22,25-26,29-30H,15-19,21H2,1-4H3,(H,34,37)/t25-,26+,29-,30-/m0/s1. The zero-order chi connectivity index (χ0) is 30.0. The van der Waals surface area contributed by atoms with Crippen LogP contribution < -0.4 is 5.32 Å². The number of hydrogen-bond acceptors (Lipinski definition) is 6. The number of aryl methyl sites for hydroxylation is 1. The second kappa shape index (κ2) is 12.4. The Hall–Kier alpha value is -3.43.